The van der Waals surface area contributed by atoms with Crippen LogP contribution in [0.15, 0.2) is 0 Å². The summed E-state index contributed by atoms with van der Waals surface area (Å²) >= 11 is 0. The van der Waals surface area contributed by atoms with Crippen molar-refractivity contribution in [2.45, 2.75) is 18.5 Å². The number of hydrogen-bond donors (Lipinski definition) is 3. The first-order valence-electron chi connectivity index (χ1n) is 4.66. The van der Waals surface area contributed by atoms with Crippen molar-refractivity contribution in [2.24, 2.45) is 0 Å². The van der Waals surface area contributed by atoms with Gasteiger partial charge in [-0.05, 0) is 6.42 Å². The highest BCUT2D eigenvalue weighted by molar-refractivity contribution is 5.82. The Balaban J connectivity index is 1.84. The Bertz CT molecular complexity index is 269. The topological polar surface area (TPSA) is 81.7 Å². The molecule has 0 aromatic carbocycles. The second-order valence-electron chi connectivity index (χ2n) is 3.70. The van der Waals surface area contributed by atoms with Crippen molar-refractivity contribution >= 4 is 12.0 Å². The van der Waals surface area contributed by atoms with Crippen LogP contribution in [0.2, 0.25) is 0 Å². The molecule has 78 valence electrons. The van der Waals surface area contributed by atoms with Crippen molar-refractivity contribution < 1.29 is 14.7 Å². The highest BCUT2D eigenvalue weighted by Crippen LogP contribution is 2.22. The zero-order valence-corrected chi connectivity index (χ0v) is 7.69. The maximum Gasteiger partial charge on any atom is 0.405 e. The van der Waals surface area contributed by atoms with E-state index in [9.17, 15) is 9.59 Å². The first-order chi connectivity index (χ1) is 6.66. The highest BCUT2D eigenvalue weighted by atomic mass is 16.4. The summed E-state index contributed by atoms with van der Waals surface area (Å²) in [6.45, 7) is 1.44. The van der Waals surface area contributed by atoms with E-state index >= 15 is 0 Å². The van der Waals surface area contributed by atoms with Crippen LogP contribution < -0.4 is 10.6 Å². The van der Waals surface area contributed by atoms with Gasteiger partial charge in [-0.2, -0.15) is 0 Å². The van der Waals surface area contributed by atoms with Crippen LogP contribution in [0.5, 0.6) is 0 Å². The van der Waals surface area contributed by atoms with E-state index in [2.05, 4.69) is 10.6 Å². The summed E-state index contributed by atoms with van der Waals surface area (Å²) in [5.74, 6) is -0.124. The molecule has 0 radical (unpaired) electrons. The SMILES string of the molecule is O=C(O)NCC(=O)N1C[C@@H]2C[C@H]1CN2. The molecule has 2 aliphatic heterocycles. The molecule has 6 nitrogen and oxygen atoms in total. The van der Waals surface area contributed by atoms with Gasteiger partial charge in [0.05, 0.1) is 0 Å². The van der Waals surface area contributed by atoms with Crippen molar-refractivity contribution in [2.75, 3.05) is 19.6 Å². The number of rotatable bonds is 2. The van der Waals surface area contributed by atoms with E-state index in [1.807, 2.05) is 0 Å². The molecule has 0 unspecified atom stereocenters. The number of nitrogens with zero attached hydrogens (tertiary/aromatic N) is 1. The van der Waals surface area contributed by atoms with Crippen molar-refractivity contribution in [3.05, 3.63) is 0 Å². The van der Waals surface area contributed by atoms with Crippen LogP contribution in [0, 0.1) is 0 Å². The molecule has 0 aliphatic carbocycles. The monoisotopic (exact) mass is 199 g/mol. The second-order valence-corrected chi connectivity index (χ2v) is 3.70. The van der Waals surface area contributed by atoms with Crippen LogP contribution in [-0.2, 0) is 4.79 Å². The number of hydrogen-bond acceptors (Lipinski definition) is 3. The fourth-order valence-electron chi connectivity index (χ4n) is 2.12. The Morgan fingerprint density at radius 1 is 1.57 bits per heavy atom. The van der Waals surface area contributed by atoms with Crippen LogP contribution in [0.25, 0.3) is 0 Å². The third-order valence-corrected chi connectivity index (χ3v) is 2.77. The summed E-state index contributed by atoms with van der Waals surface area (Å²) in [6.07, 6.45) is -0.153. The number of amides is 2. The predicted octanol–water partition coefficient (Wildman–Crippen LogP) is -1.17. The Hall–Kier alpha value is -1.30. The maximum atomic E-state index is 11.5. The smallest absolute Gasteiger partial charge is 0.405 e. The van der Waals surface area contributed by atoms with Gasteiger partial charge >= 0.3 is 6.09 Å². The number of nitrogens with one attached hydrogen (secondary N) is 2. The fraction of sp³-hybridized carbons (Fsp3) is 0.750. The maximum absolute atomic E-state index is 11.5. The van der Waals surface area contributed by atoms with Crippen LogP contribution in [-0.4, -0.2) is 53.7 Å². The van der Waals surface area contributed by atoms with Gasteiger partial charge in [-0.1, -0.05) is 0 Å². The molecule has 0 saturated carbocycles. The van der Waals surface area contributed by atoms with Crippen molar-refractivity contribution in [3.8, 4) is 0 Å². The minimum Gasteiger partial charge on any atom is -0.465 e. The predicted molar refractivity (Wildman–Crippen MR) is 47.9 cm³/mol. The summed E-state index contributed by atoms with van der Waals surface area (Å²) in [5, 5.41) is 13.7. The van der Waals surface area contributed by atoms with E-state index in [0.717, 1.165) is 13.0 Å². The molecule has 6 heteroatoms. The summed E-state index contributed by atoms with van der Waals surface area (Å²) < 4.78 is 0. The van der Waals surface area contributed by atoms with Crippen LogP contribution in [0.4, 0.5) is 4.79 Å². The zero-order chi connectivity index (χ0) is 10.1. The van der Waals surface area contributed by atoms with E-state index in [-0.39, 0.29) is 18.5 Å². The molecule has 2 heterocycles. The van der Waals surface area contributed by atoms with Gasteiger partial charge in [0.15, 0.2) is 0 Å². The molecule has 0 aromatic heterocycles. The Kier molecular flexibility index (Phi) is 2.28. The van der Waals surface area contributed by atoms with Crippen molar-refractivity contribution in [1.29, 1.82) is 0 Å². The van der Waals surface area contributed by atoms with Gasteiger partial charge in [0, 0.05) is 25.2 Å². The van der Waals surface area contributed by atoms with Crippen molar-refractivity contribution in [3.63, 3.8) is 0 Å². The lowest BCUT2D eigenvalue weighted by Gasteiger charge is -2.27. The first kappa shape index (κ1) is 9.26. The molecule has 2 fully saturated rings. The number of fused-ring (bicyclic) bond motifs is 2. The van der Waals surface area contributed by atoms with E-state index in [1.54, 1.807) is 4.90 Å². The largest absolute Gasteiger partial charge is 0.465 e. The Morgan fingerprint density at radius 3 is 2.86 bits per heavy atom. The number of carbonyl (C=O) groups is 2. The van der Waals surface area contributed by atoms with Gasteiger partial charge in [0.2, 0.25) is 5.91 Å². The molecule has 3 N–H and O–H groups in total. The molecule has 2 atom stereocenters. The molecule has 2 amide bonds. The molecule has 2 aliphatic rings. The van der Waals surface area contributed by atoms with Crippen LogP contribution in [0.1, 0.15) is 6.42 Å². The standard InChI is InChI=1S/C8H13N3O3/c12-7(3-10-8(13)14)11-4-5-1-6(11)2-9-5/h5-6,9-10H,1-4H2,(H,13,14)/t5-,6-/m0/s1. The lowest BCUT2D eigenvalue weighted by Crippen LogP contribution is -2.49. The van der Waals surface area contributed by atoms with E-state index in [0.29, 0.717) is 12.6 Å². The lowest BCUT2D eigenvalue weighted by atomic mass is 10.2. The number of piperazine rings is 1. The molecule has 14 heavy (non-hydrogen) atoms. The van der Waals surface area contributed by atoms with E-state index < -0.39 is 6.09 Å². The molecule has 2 saturated heterocycles. The van der Waals surface area contributed by atoms with Crippen LogP contribution in [0.3, 0.4) is 0 Å². The quantitative estimate of drug-likeness (QED) is 0.523. The van der Waals surface area contributed by atoms with Gasteiger partial charge in [0.1, 0.15) is 6.54 Å². The fourth-order valence-corrected chi connectivity index (χ4v) is 2.12. The summed E-state index contributed by atoms with van der Waals surface area (Å²) in [6, 6.07) is 0.678. The number of likely N-dealkylation sites (tertiary alicyclic amines) is 1. The van der Waals surface area contributed by atoms with Gasteiger partial charge in [-0.25, -0.2) is 4.79 Å². The Morgan fingerprint density at radius 2 is 2.36 bits per heavy atom. The molecule has 2 rings (SSSR count). The molecular weight excluding hydrogens is 186 g/mol. The number of carbonyl (C=O) groups excluding carboxylic acids is 1. The minimum absolute atomic E-state index is 0.113. The lowest BCUT2D eigenvalue weighted by molar-refractivity contribution is -0.131. The highest BCUT2D eigenvalue weighted by Gasteiger charge is 2.39. The Labute approximate surface area is 81.3 Å². The third kappa shape index (κ3) is 1.65. The van der Waals surface area contributed by atoms with E-state index in [1.165, 1.54) is 0 Å². The van der Waals surface area contributed by atoms with Gasteiger partial charge in [-0.15, -0.1) is 0 Å². The number of carboxylic acid groups (broad SMARTS) is 1. The average Bonchev–Trinajstić information content (AvgIpc) is 2.74. The molecule has 2 bridgehead atoms. The first-order valence-corrected chi connectivity index (χ1v) is 4.66. The summed E-state index contributed by atoms with van der Waals surface area (Å²) in [4.78, 5) is 23.5. The molecule has 0 aromatic rings. The van der Waals surface area contributed by atoms with E-state index in [4.69, 9.17) is 5.11 Å². The molecule has 0 spiro atoms. The van der Waals surface area contributed by atoms with Gasteiger partial charge in [0.25, 0.3) is 0 Å². The zero-order valence-electron chi connectivity index (χ0n) is 7.69. The normalized spacial score (nSPS) is 29.3. The van der Waals surface area contributed by atoms with Crippen molar-refractivity contribution in [1.82, 2.24) is 15.5 Å². The third-order valence-electron chi connectivity index (χ3n) is 2.77. The summed E-state index contributed by atoms with van der Waals surface area (Å²) in [5.41, 5.74) is 0. The summed E-state index contributed by atoms with van der Waals surface area (Å²) in [7, 11) is 0. The minimum atomic E-state index is -1.15. The average molecular weight is 199 g/mol. The van der Waals surface area contributed by atoms with Gasteiger partial charge in [-0.3, -0.25) is 4.79 Å². The second kappa shape index (κ2) is 3.45. The van der Waals surface area contributed by atoms with Gasteiger partial charge < -0.3 is 20.6 Å². The van der Waals surface area contributed by atoms with Crippen LogP contribution >= 0.6 is 0 Å². The molecular formula is C8H13N3O3.